The normalized spacial score (nSPS) is 13.1. The first-order valence-electron chi connectivity index (χ1n) is 6.80. The van der Waals surface area contributed by atoms with Crippen molar-refractivity contribution < 1.29 is 8.60 Å². The molecule has 0 aliphatic rings. The Morgan fingerprint density at radius 3 is 2.24 bits per heavy atom. The predicted molar refractivity (Wildman–Crippen MR) is 86.1 cm³/mol. The third-order valence-electron chi connectivity index (χ3n) is 3.32. The van der Waals surface area contributed by atoms with Crippen LogP contribution >= 0.6 is 0 Å². The number of benzene rings is 2. The average Bonchev–Trinajstić information content (AvgIpc) is 2.38. The second-order valence-corrected chi connectivity index (χ2v) is 7.55. The zero-order chi connectivity index (χ0) is 15.6. The highest BCUT2D eigenvalue weighted by Crippen LogP contribution is 2.23. The average molecular weight is 305 g/mol. The molecule has 0 amide bonds. The molecule has 1 atom stereocenters. The van der Waals surface area contributed by atoms with Gasteiger partial charge >= 0.3 is 0 Å². The molecule has 1 unspecified atom stereocenters. The lowest BCUT2D eigenvalue weighted by Crippen LogP contribution is -2.10. The molecule has 0 heterocycles. The van der Waals surface area contributed by atoms with Gasteiger partial charge in [0.1, 0.15) is 5.82 Å². The summed E-state index contributed by atoms with van der Waals surface area (Å²) < 4.78 is 26.0. The van der Waals surface area contributed by atoms with Crippen molar-refractivity contribution in [3.63, 3.8) is 0 Å². The topological polar surface area (TPSA) is 43.1 Å². The van der Waals surface area contributed by atoms with E-state index in [2.05, 4.69) is 20.8 Å². The maximum Gasteiger partial charge on any atom is 0.141 e. The van der Waals surface area contributed by atoms with Gasteiger partial charge in [0.2, 0.25) is 0 Å². The summed E-state index contributed by atoms with van der Waals surface area (Å²) in [6, 6.07) is 12.2. The van der Waals surface area contributed by atoms with E-state index in [9.17, 15) is 8.60 Å². The van der Waals surface area contributed by atoms with Gasteiger partial charge in [0, 0.05) is 5.69 Å². The molecule has 0 aromatic heterocycles. The van der Waals surface area contributed by atoms with Gasteiger partial charge in [-0.3, -0.25) is 4.21 Å². The van der Waals surface area contributed by atoms with Crippen molar-refractivity contribution in [2.45, 2.75) is 36.8 Å². The predicted octanol–water partition coefficient (Wildman–Crippen LogP) is 4.01. The Morgan fingerprint density at radius 1 is 1.10 bits per heavy atom. The van der Waals surface area contributed by atoms with Crippen LogP contribution in [0.4, 0.5) is 10.1 Å². The lowest BCUT2D eigenvalue weighted by Gasteiger charge is -2.19. The third kappa shape index (κ3) is 3.91. The van der Waals surface area contributed by atoms with Crippen molar-refractivity contribution >= 4 is 16.5 Å². The molecule has 2 aromatic carbocycles. The van der Waals surface area contributed by atoms with E-state index in [1.165, 1.54) is 17.7 Å². The number of nitrogen functional groups attached to an aromatic ring is 1. The molecule has 0 fully saturated rings. The van der Waals surface area contributed by atoms with E-state index in [0.717, 1.165) is 5.56 Å². The van der Waals surface area contributed by atoms with Crippen LogP contribution in [-0.4, -0.2) is 4.21 Å². The summed E-state index contributed by atoms with van der Waals surface area (Å²) in [5.74, 6) is -0.217. The molecular weight excluding hydrogens is 285 g/mol. The summed E-state index contributed by atoms with van der Waals surface area (Å²) in [5, 5.41) is 0. The molecule has 2 aromatic rings. The first-order valence-corrected chi connectivity index (χ1v) is 8.12. The maximum absolute atomic E-state index is 13.8. The van der Waals surface area contributed by atoms with Crippen molar-refractivity contribution in [2.24, 2.45) is 0 Å². The Kier molecular flexibility index (Phi) is 4.47. The van der Waals surface area contributed by atoms with E-state index >= 15 is 0 Å². The number of nitrogens with two attached hydrogens (primary N) is 1. The molecule has 2 rings (SSSR count). The molecule has 0 bridgehead atoms. The molecule has 0 saturated heterocycles. The molecule has 0 aliphatic carbocycles. The largest absolute Gasteiger partial charge is 0.399 e. The van der Waals surface area contributed by atoms with Crippen molar-refractivity contribution in [3.05, 3.63) is 59.4 Å². The van der Waals surface area contributed by atoms with E-state index < -0.39 is 16.6 Å². The number of anilines is 1. The van der Waals surface area contributed by atoms with Gasteiger partial charge < -0.3 is 5.73 Å². The SMILES string of the molecule is CC(C)(C)c1ccc(CS(=O)c2ccc(N)cc2F)cc1. The summed E-state index contributed by atoms with van der Waals surface area (Å²) >= 11 is 0. The van der Waals surface area contributed by atoms with Gasteiger partial charge in [-0.05, 0) is 34.7 Å². The minimum atomic E-state index is -1.41. The Labute approximate surface area is 127 Å². The van der Waals surface area contributed by atoms with Gasteiger partial charge in [0.05, 0.1) is 21.4 Å². The molecule has 2 N–H and O–H groups in total. The smallest absolute Gasteiger partial charge is 0.141 e. The van der Waals surface area contributed by atoms with Crippen LogP contribution in [0.1, 0.15) is 31.9 Å². The quantitative estimate of drug-likeness (QED) is 0.871. The molecule has 21 heavy (non-hydrogen) atoms. The van der Waals surface area contributed by atoms with Crippen LogP contribution in [0.2, 0.25) is 0 Å². The Hall–Kier alpha value is -1.68. The van der Waals surface area contributed by atoms with Crippen molar-refractivity contribution in [2.75, 3.05) is 5.73 Å². The van der Waals surface area contributed by atoms with E-state index in [0.29, 0.717) is 11.4 Å². The van der Waals surface area contributed by atoms with Gasteiger partial charge in [-0.1, -0.05) is 45.0 Å². The summed E-state index contributed by atoms with van der Waals surface area (Å²) in [6.45, 7) is 6.43. The maximum atomic E-state index is 13.8. The highest BCUT2D eigenvalue weighted by Gasteiger charge is 2.14. The lowest BCUT2D eigenvalue weighted by atomic mass is 9.87. The minimum Gasteiger partial charge on any atom is -0.399 e. The van der Waals surface area contributed by atoms with Crippen LogP contribution in [-0.2, 0) is 22.0 Å². The molecule has 112 valence electrons. The van der Waals surface area contributed by atoms with Crippen molar-refractivity contribution in [3.8, 4) is 0 Å². The zero-order valence-electron chi connectivity index (χ0n) is 12.5. The molecule has 2 nitrogen and oxygen atoms in total. The van der Waals surface area contributed by atoms with Crippen LogP contribution < -0.4 is 5.73 Å². The van der Waals surface area contributed by atoms with Crippen molar-refractivity contribution in [1.82, 2.24) is 0 Å². The van der Waals surface area contributed by atoms with E-state index in [1.54, 1.807) is 6.07 Å². The third-order valence-corrected chi connectivity index (χ3v) is 4.74. The summed E-state index contributed by atoms with van der Waals surface area (Å²) in [6.07, 6.45) is 0. The van der Waals surface area contributed by atoms with Crippen LogP contribution in [0.15, 0.2) is 47.4 Å². The second-order valence-electron chi connectivity index (χ2n) is 6.13. The van der Waals surface area contributed by atoms with Gasteiger partial charge in [-0.15, -0.1) is 0 Å². The van der Waals surface area contributed by atoms with Crippen LogP contribution in [0.25, 0.3) is 0 Å². The van der Waals surface area contributed by atoms with Gasteiger partial charge in [0.25, 0.3) is 0 Å². The molecule has 4 heteroatoms. The number of hydrogen-bond donors (Lipinski definition) is 1. The first-order chi connectivity index (χ1) is 9.77. The fourth-order valence-electron chi connectivity index (χ4n) is 2.03. The molecule has 0 aliphatic heterocycles. The van der Waals surface area contributed by atoms with E-state index in [1.807, 2.05) is 24.3 Å². The Morgan fingerprint density at radius 2 is 1.71 bits per heavy atom. The Balaban J connectivity index is 2.16. The monoisotopic (exact) mass is 305 g/mol. The molecule has 0 spiro atoms. The van der Waals surface area contributed by atoms with E-state index in [4.69, 9.17) is 5.73 Å². The van der Waals surface area contributed by atoms with Crippen molar-refractivity contribution in [1.29, 1.82) is 0 Å². The first kappa shape index (κ1) is 15.7. The van der Waals surface area contributed by atoms with Crippen LogP contribution in [0.3, 0.4) is 0 Å². The highest BCUT2D eigenvalue weighted by molar-refractivity contribution is 7.84. The zero-order valence-corrected chi connectivity index (χ0v) is 13.3. The minimum absolute atomic E-state index is 0.0841. The van der Waals surface area contributed by atoms with Gasteiger partial charge in [-0.25, -0.2) is 4.39 Å². The summed E-state index contributed by atoms with van der Waals surface area (Å²) in [7, 11) is -1.41. The number of hydrogen-bond acceptors (Lipinski definition) is 2. The van der Waals surface area contributed by atoms with Gasteiger partial charge in [-0.2, -0.15) is 0 Å². The number of halogens is 1. The molecule has 0 radical (unpaired) electrons. The summed E-state index contributed by atoms with van der Waals surface area (Å²) in [4.78, 5) is 0.198. The molecule has 0 saturated carbocycles. The van der Waals surface area contributed by atoms with E-state index in [-0.39, 0.29) is 10.3 Å². The fourth-order valence-corrected chi connectivity index (χ4v) is 3.18. The highest BCUT2D eigenvalue weighted by atomic mass is 32.2. The van der Waals surface area contributed by atoms with Crippen LogP contribution in [0, 0.1) is 5.82 Å². The van der Waals surface area contributed by atoms with Gasteiger partial charge in [0.15, 0.2) is 0 Å². The second kappa shape index (κ2) is 5.98. The summed E-state index contributed by atoms with van der Waals surface area (Å²) in [5.41, 5.74) is 8.07. The lowest BCUT2D eigenvalue weighted by molar-refractivity contribution is 0.590. The number of rotatable bonds is 3. The Bertz CT molecular complexity index is 659. The standard InChI is InChI=1S/C17H20FNOS/c1-17(2,3)13-6-4-12(5-7-13)11-21(20)16-9-8-14(19)10-15(16)18/h4-10H,11,19H2,1-3H3. The fraction of sp³-hybridized carbons (Fsp3) is 0.294. The van der Waals surface area contributed by atoms with Crippen LogP contribution in [0.5, 0.6) is 0 Å². The molecular formula is C17H20FNOS.